The molecule has 1 heterocycles. The van der Waals surface area contributed by atoms with Gasteiger partial charge in [-0.15, -0.1) is 0 Å². The van der Waals surface area contributed by atoms with Crippen molar-refractivity contribution < 1.29 is 14.6 Å². The number of aromatic carboxylic acids is 1. The van der Waals surface area contributed by atoms with Crippen LogP contribution in [-0.4, -0.2) is 22.8 Å². The van der Waals surface area contributed by atoms with Crippen molar-refractivity contribution in [3.63, 3.8) is 0 Å². The number of hydrogen-bond acceptors (Lipinski definition) is 2. The van der Waals surface area contributed by atoms with Crippen LogP contribution in [0.1, 0.15) is 17.4 Å². The number of rotatable bonds is 4. The van der Waals surface area contributed by atoms with E-state index in [1.54, 1.807) is 17.7 Å². The molecule has 0 saturated carbocycles. The van der Waals surface area contributed by atoms with Crippen LogP contribution in [0.25, 0.3) is 11.3 Å². The quantitative estimate of drug-likeness (QED) is 0.901. The van der Waals surface area contributed by atoms with E-state index in [4.69, 9.17) is 9.84 Å². The number of aromatic nitrogens is 1. The smallest absolute Gasteiger partial charge is 0.352 e. The maximum atomic E-state index is 11.1. The maximum absolute atomic E-state index is 11.1. The Morgan fingerprint density at radius 2 is 2.11 bits per heavy atom. The van der Waals surface area contributed by atoms with Crippen LogP contribution < -0.4 is 4.74 Å². The van der Waals surface area contributed by atoms with Crippen molar-refractivity contribution in [1.82, 2.24) is 4.57 Å². The van der Waals surface area contributed by atoms with Gasteiger partial charge in [0.1, 0.15) is 11.4 Å². The fourth-order valence-corrected chi connectivity index (χ4v) is 2.03. The molecule has 1 aromatic heterocycles. The molecule has 0 aliphatic heterocycles. The Hall–Kier alpha value is -2.23. The van der Waals surface area contributed by atoms with Gasteiger partial charge in [-0.25, -0.2) is 4.79 Å². The number of nitrogens with zero attached hydrogens (tertiary/aromatic N) is 1. The fourth-order valence-electron chi connectivity index (χ4n) is 2.03. The van der Waals surface area contributed by atoms with Crippen molar-refractivity contribution in [1.29, 1.82) is 0 Å². The lowest BCUT2D eigenvalue weighted by atomic mass is 10.1. The van der Waals surface area contributed by atoms with Gasteiger partial charge in [-0.3, -0.25) is 0 Å². The highest BCUT2D eigenvalue weighted by Gasteiger charge is 2.14. The van der Waals surface area contributed by atoms with E-state index in [0.29, 0.717) is 12.2 Å². The molecule has 94 valence electrons. The summed E-state index contributed by atoms with van der Waals surface area (Å²) in [5, 5.41) is 9.11. The van der Waals surface area contributed by atoms with Crippen LogP contribution in [0.3, 0.4) is 0 Å². The monoisotopic (exact) mass is 245 g/mol. The summed E-state index contributed by atoms with van der Waals surface area (Å²) in [6.45, 7) is 2.54. The molecule has 0 saturated heterocycles. The van der Waals surface area contributed by atoms with Gasteiger partial charge in [0.15, 0.2) is 0 Å². The summed E-state index contributed by atoms with van der Waals surface area (Å²) in [5.74, 6) is -0.153. The summed E-state index contributed by atoms with van der Waals surface area (Å²) < 4.78 is 6.95. The second kappa shape index (κ2) is 4.96. The maximum Gasteiger partial charge on any atom is 0.352 e. The number of carboxylic acids is 1. The molecule has 0 amide bonds. The standard InChI is InChI=1S/C14H15NO3/c1-3-15-12(7-8-13(15)14(16)17)10-5-4-6-11(9-10)18-2/h4-9H,3H2,1-2H3,(H,16,17). The molecule has 0 unspecified atom stereocenters. The lowest BCUT2D eigenvalue weighted by molar-refractivity contribution is 0.0685. The first-order chi connectivity index (χ1) is 8.67. The summed E-state index contributed by atoms with van der Waals surface area (Å²) in [6, 6.07) is 11.0. The van der Waals surface area contributed by atoms with Gasteiger partial charge in [-0.1, -0.05) is 12.1 Å². The molecular weight excluding hydrogens is 230 g/mol. The molecular formula is C14H15NO3. The molecule has 0 spiro atoms. The van der Waals surface area contributed by atoms with E-state index in [1.807, 2.05) is 37.3 Å². The van der Waals surface area contributed by atoms with Crippen LogP contribution in [0.5, 0.6) is 5.75 Å². The van der Waals surface area contributed by atoms with Gasteiger partial charge in [-0.2, -0.15) is 0 Å². The number of carbonyl (C=O) groups is 1. The van der Waals surface area contributed by atoms with Crippen molar-refractivity contribution in [3.8, 4) is 17.0 Å². The van der Waals surface area contributed by atoms with Crippen LogP contribution >= 0.6 is 0 Å². The Morgan fingerprint density at radius 3 is 2.72 bits per heavy atom. The van der Waals surface area contributed by atoms with Crippen molar-refractivity contribution in [3.05, 3.63) is 42.1 Å². The van der Waals surface area contributed by atoms with E-state index < -0.39 is 5.97 Å². The molecule has 0 atom stereocenters. The molecule has 4 nitrogen and oxygen atoms in total. The van der Waals surface area contributed by atoms with Crippen LogP contribution in [0.15, 0.2) is 36.4 Å². The summed E-state index contributed by atoms with van der Waals surface area (Å²) in [5.41, 5.74) is 2.13. The van der Waals surface area contributed by atoms with Gasteiger partial charge in [0.2, 0.25) is 0 Å². The zero-order valence-corrected chi connectivity index (χ0v) is 10.4. The van der Waals surface area contributed by atoms with Gasteiger partial charge in [0.25, 0.3) is 0 Å². The molecule has 0 bridgehead atoms. The van der Waals surface area contributed by atoms with Gasteiger partial charge in [0, 0.05) is 17.8 Å². The minimum absolute atomic E-state index is 0.301. The number of benzene rings is 1. The van der Waals surface area contributed by atoms with Crippen LogP contribution in [-0.2, 0) is 6.54 Å². The Kier molecular flexibility index (Phi) is 3.37. The zero-order chi connectivity index (χ0) is 13.1. The van der Waals surface area contributed by atoms with Gasteiger partial charge >= 0.3 is 5.97 Å². The number of carboxylic acid groups (broad SMARTS) is 1. The normalized spacial score (nSPS) is 10.3. The van der Waals surface area contributed by atoms with E-state index in [1.165, 1.54) is 0 Å². The minimum Gasteiger partial charge on any atom is -0.497 e. The molecule has 0 aliphatic carbocycles. The van der Waals surface area contributed by atoms with Crippen molar-refractivity contribution in [2.75, 3.05) is 7.11 Å². The zero-order valence-electron chi connectivity index (χ0n) is 10.4. The highest BCUT2D eigenvalue weighted by molar-refractivity contribution is 5.87. The Bertz CT molecular complexity index is 572. The number of ether oxygens (including phenoxy) is 1. The predicted octanol–water partition coefficient (Wildman–Crippen LogP) is 2.88. The van der Waals surface area contributed by atoms with Crippen molar-refractivity contribution >= 4 is 5.97 Å². The first-order valence-electron chi connectivity index (χ1n) is 5.74. The summed E-state index contributed by atoms with van der Waals surface area (Å²) >= 11 is 0. The molecule has 2 aromatic rings. The molecule has 18 heavy (non-hydrogen) atoms. The Labute approximate surface area is 105 Å². The highest BCUT2D eigenvalue weighted by Crippen LogP contribution is 2.26. The molecule has 2 rings (SSSR count). The number of methoxy groups -OCH3 is 1. The van der Waals surface area contributed by atoms with Gasteiger partial charge < -0.3 is 14.4 Å². The van der Waals surface area contributed by atoms with E-state index >= 15 is 0 Å². The molecule has 0 aliphatic rings. The average Bonchev–Trinajstić information content (AvgIpc) is 2.82. The third-order valence-corrected chi connectivity index (χ3v) is 2.88. The van der Waals surface area contributed by atoms with E-state index in [-0.39, 0.29) is 0 Å². The third-order valence-electron chi connectivity index (χ3n) is 2.88. The molecule has 1 N–H and O–H groups in total. The minimum atomic E-state index is -0.911. The first-order valence-corrected chi connectivity index (χ1v) is 5.74. The average molecular weight is 245 g/mol. The summed E-state index contributed by atoms with van der Waals surface area (Å²) in [4.78, 5) is 11.1. The van der Waals surface area contributed by atoms with Crippen LogP contribution in [0.4, 0.5) is 0 Å². The van der Waals surface area contributed by atoms with Gasteiger partial charge in [-0.05, 0) is 31.2 Å². The third kappa shape index (κ3) is 2.09. The lowest BCUT2D eigenvalue weighted by Crippen LogP contribution is -2.08. The van der Waals surface area contributed by atoms with Crippen molar-refractivity contribution in [2.45, 2.75) is 13.5 Å². The topological polar surface area (TPSA) is 51.5 Å². The van der Waals surface area contributed by atoms with E-state index in [9.17, 15) is 4.79 Å². The summed E-state index contributed by atoms with van der Waals surface area (Å²) in [6.07, 6.45) is 0. The second-order valence-corrected chi connectivity index (χ2v) is 3.89. The largest absolute Gasteiger partial charge is 0.497 e. The number of hydrogen-bond donors (Lipinski definition) is 1. The van der Waals surface area contributed by atoms with Crippen LogP contribution in [0, 0.1) is 0 Å². The molecule has 1 aromatic carbocycles. The Balaban J connectivity index is 2.53. The van der Waals surface area contributed by atoms with Crippen LogP contribution in [0.2, 0.25) is 0 Å². The fraction of sp³-hybridized carbons (Fsp3) is 0.214. The Morgan fingerprint density at radius 1 is 1.33 bits per heavy atom. The predicted molar refractivity (Wildman–Crippen MR) is 69.1 cm³/mol. The van der Waals surface area contributed by atoms with E-state index in [2.05, 4.69) is 0 Å². The van der Waals surface area contributed by atoms with Crippen molar-refractivity contribution in [2.24, 2.45) is 0 Å². The second-order valence-electron chi connectivity index (χ2n) is 3.89. The first kappa shape index (κ1) is 12.2. The summed E-state index contributed by atoms with van der Waals surface area (Å²) in [7, 11) is 1.61. The van der Waals surface area contributed by atoms with E-state index in [0.717, 1.165) is 17.0 Å². The van der Waals surface area contributed by atoms with Gasteiger partial charge in [0.05, 0.1) is 7.11 Å². The lowest BCUT2D eigenvalue weighted by Gasteiger charge is -2.10. The SMILES string of the molecule is CCn1c(C(=O)O)ccc1-c1cccc(OC)c1. The molecule has 0 radical (unpaired) electrons. The highest BCUT2D eigenvalue weighted by atomic mass is 16.5. The molecule has 4 heteroatoms. The molecule has 0 fully saturated rings.